The maximum Gasteiger partial charge on any atom is 0.335 e. The summed E-state index contributed by atoms with van der Waals surface area (Å²) in [5.74, 6) is -2.08. The van der Waals surface area contributed by atoms with Gasteiger partial charge in [0.05, 0.1) is 5.56 Å². The number of carboxylic acid groups (broad SMARTS) is 2. The molecule has 0 aliphatic heterocycles. The van der Waals surface area contributed by atoms with E-state index < -0.39 is 11.9 Å². The monoisotopic (exact) mass is 444 g/mol. The molecular weight excluding hydrogens is 412 g/mol. The second-order valence-corrected chi connectivity index (χ2v) is 10.1. The van der Waals surface area contributed by atoms with Gasteiger partial charge in [-0.1, -0.05) is 70.2 Å². The summed E-state index contributed by atoms with van der Waals surface area (Å²) in [6.07, 6.45) is 8.65. The van der Waals surface area contributed by atoms with Crippen LogP contribution in [0.3, 0.4) is 0 Å². The van der Waals surface area contributed by atoms with Gasteiger partial charge in [0, 0.05) is 6.08 Å². The molecule has 0 radical (unpaired) electrons. The maximum absolute atomic E-state index is 11.4. The van der Waals surface area contributed by atoms with Gasteiger partial charge in [-0.15, -0.1) is 0 Å². The van der Waals surface area contributed by atoms with Gasteiger partial charge < -0.3 is 10.2 Å². The minimum Gasteiger partial charge on any atom is -0.478 e. The number of carbonyl (C=O) groups is 2. The number of allylic oxidation sites excluding steroid dienone is 5. The van der Waals surface area contributed by atoms with Crippen molar-refractivity contribution in [2.45, 2.75) is 58.3 Å². The average molecular weight is 445 g/mol. The Balaban J connectivity index is 2.04. The van der Waals surface area contributed by atoms with E-state index in [0.717, 1.165) is 23.6 Å². The number of carboxylic acids is 2. The zero-order valence-corrected chi connectivity index (χ0v) is 20.0. The summed E-state index contributed by atoms with van der Waals surface area (Å²) in [4.78, 5) is 22.5. The summed E-state index contributed by atoms with van der Waals surface area (Å²) in [5, 5.41) is 18.4. The van der Waals surface area contributed by atoms with Gasteiger partial charge in [-0.3, -0.25) is 0 Å². The molecule has 2 aromatic carbocycles. The quantitative estimate of drug-likeness (QED) is 0.377. The molecule has 1 aliphatic carbocycles. The SMILES string of the molecule is C/C(=C\C=C(C=CC(=O)O)c1cccc(C(=O)O)c1)c1ccc2c(c1)C(C)(C)CCC2(C)C. The highest BCUT2D eigenvalue weighted by molar-refractivity contribution is 5.91. The molecule has 0 amide bonds. The van der Waals surface area contributed by atoms with Gasteiger partial charge >= 0.3 is 11.9 Å². The molecule has 2 aromatic rings. The summed E-state index contributed by atoms with van der Waals surface area (Å²) >= 11 is 0. The van der Waals surface area contributed by atoms with Gasteiger partial charge in [-0.2, -0.15) is 0 Å². The van der Waals surface area contributed by atoms with Gasteiger partial charge in [0.2, 0.25) is 0 Å². The first-order valence-corrected chi connectivity index (χ1v) is 11.2. The molecule has 0 bridgehead atoms. The first-order valence-electron chi connectivity index (χ1n) is 11.2. The van der Waals surface area contributed by atoms with Crippen LogP contribution in [0.25, 0.3) is 11.1 Å². The Hall–Kier alpha value is -3.40. The lowest BCUT2D eigenvalue weighted by Crippen LogP contribution is -2.33. The number of benzene rings is 2. The van der Waals surface area contributed by atoms with Crippen molar-refractivity contribution in [2.75, 3.05) is 0 Å². The third kappa shape index (κ3) is 5.51. The van der Waals surface area contributed by atoms with E-state index in [0.29, 0.717) is 11.1 Å². The van der Waals surface area contributed by atoms with E-state index in [1.165, 1.54) is 29.7 Å². The van der Waals surface area contributed by atoms with E-state index in [4.69, 9.17) is 5.11 Å². The number of aliphatic carboxylic acids is 1. The molecule has 0 saturated heterocycles. The summed E-state index contributed by atoms with van der Waals surface area (Å²) < 4.78 is 0. The van der Waals surface area contributed by atoms with Crippen molar-refractivity contribution < 1.29 is 19.8 Å². The summed E-state index contributed by atoms with van der Waals surface area (Å²) in [6, 6.07) is 13.2. The van der Waals surface area contributed by atoms with E-state index >= 15 is 0 Å². The predicted octanol–water partition coefficient (Wildman–Crippen LogP) is 6.86. The second-order valence-electron chi connectivity index (χ2n) is 10.1. The van der Waals surface area contributed by atoms with Crippen LogP contribution in [0.1, 0.15) is 80.1 Å². The molecule has 0 spiro atoms. The van der Waals surface area contributed by atoms with Crippen LogP contribution in [0.4, 0.5) is 0 Å². The molecule has 2 N–H and O–H groups in total. The van der Waals surface area contributed by atoms with Gasteiger partial charge in [-0.05, 0) is 82.2 Å². The number of hydrogen-bond acceptors (Lipinski definition) is 2. The van der Waals surface area contributed by atoms with Crippen molar-refractivity contribution in [3.05, 3.63) is 94.6 Å². The molecule has 4 heteroatoms. The van der Waals surface area contributed by atoms with Crippen molar-refractivity contribution in [1.29, 1.82) is 0 Å². The lowest BCUT2D eigenvalue weighted by Gasteiger charge is -2.42. The van der Waals surface area contributed by atoms with Gasteiger partial charge in [0.25, 0.3) is 0 Å². The van der Waals surface area contributed by atoms with Crippen molar-refractivity contribution in [2.24, 2.45) is 0 Å². The first-order chi connectivity index (χ1) is 15.4. The Labute approximate surface area is 196 Å². The average Bonchev–Trinajstić information content (AvgIpc) is 2.76. The lowest BCUT2D eigenvalue weighted by atomic mass is 9.63. The predicted molar refractivity (Wildman–Crippen MR) is 134 cm³/mol. The molecule has 33 heavy (non-hydrogen) atoms. The zero-order valence-electron chi connectivity index (χ0n) is 20.0. The molecule has 3 rings (SSSR count). The van der Waals surface area contributed by atoms with Crippen LogP contribution in [-0.4, -0.2) is 22.2 Å². The summed E-state index contributed by atoms with van der Waals surface area (Å²) in [7, 11) is 0. The van der Waals surface area contributed by atoms with Crippen LogP contribution in [0.2, 0.25) is 0 Å². The third-order valence-corrected chi connectivity index (χ3v) is 6.67. The van der Waals surface area contributed by atoms with Crippen LogP contribution in [0.5, 0.6) is 0 Å². The van der Waals surface area contributed by atoms with E-state index in [1.807, 2.05) is 19.1 Å². The fourth-order valence-corrected chi connectivity index (χ4v) is 4.39. The molecule has 0 fully saturated rings. The van der Waals surface area contributed by atoms with Crippen LogP contribution >= 0.6 is 0 Å². The molecular formula is C29H32O4. The Morgan fingerprint density at radius 2 is 1.42 bits per heavy atom. The van der Waals surface area contributed by atoms with Crippen molar-refractivity contribution >= 4 is 23.1 Å². The molecule has 0 atom stereocenters. The molecule has 4 nitrogen and oxygen atoms in total. The number of fused-ring (bicyclic) bond motifs is 1. The molecule has 0 aromatic heterocycles. The van der Waals surface area contributed by atoms with E-state index in [1.54, 1.807) is 18.2 Å². The van der Waals surface area contributed by atoms with Crippen LogP contribution in [0.15, 0.2) is 66.8 Å². The maximum atomic E-state index is 11.4. The smallest absolute Gasteiger partial charge is 0.335 e. The number of aromatic carboxylic acids is 1. The summed E-state index contributed by atoms with van der Waals surface area (Å²) in [6.45, 7) is 11.2. The Morgan fingerprint density at radius 1 is 0.788 bits per heavy atom. The molecule has 0 unspecified atom stereocenters. The highest BCUT2D eigenvalue weighted by Crippen LogP contribution is 2.46. The van der Waals surface area contributed by atoms with Gasteiger partial charge in [-0.25, -0.2) is 9.59 Å². The fraction of sp³-hybridized carbons (Fsp3) is 0.310. The Morgan fingerprint density at radius 3 is 2.06 bits per heavy atom. The van der Waals surface area contributed by atoms with Crippen LogP contribution < -0.4 is 0 Å². The van der Waals surface area contributed by atoms with Gasteiger partial charge in [0.1, 0.15) is 0 Å². The summed E-state index contributed by atoms with van der Waals surface area (Å²) in [5.41, 5.74) is 6.65. The molecule has 1 aliphatic rings. The minimum absolute atomic E-state index is 0.115. The number of rotatable bonds is 6. The minimum atomic E-state index is -1.06. The van der Waals surface area contributed by atoms with Crippen LogP contribution in [0, 0.1) is 0 Å². The largest absolute Gasteiger partial charge is 0.478 e. The van der Waals surface area contributed by atoms with Crippen molar-refractivity contribution in [3.63, 3.8) is 0 Å². The fourth-order valence-electron chi connectivity index (χ4n) is 4.39. The highest BCUT2D eigenvalue weighted by Gasteiger charge is 2.36. The van der Waals surface area contributed by atoms with Crippen LogP contribution in [-0.2, 0) is 15.6 Å². The molecule has 0 saturated carbocycles. The second kappa shape index (κ2) is 9.22. The number of hydrogen-bond donors (Lipinski definition) is 2. The van der Waals surface area contributed by atoms with Crippen molar-refractivity contribution in [1.82, 2.24) is 0 Å². The van der Waals surface area contributed by atoms with Gasteiger partial charge in [0.15, 0.2) is 0 Å². The van der Waals surface area contributed by atoms with E-state index in [9.17, 15) is 14.7 Å². The Kier molecular flexibility index (Phi) is 6.78. The molecule has 172 valence electrons. The third-order valence-electron chi connectivity index (χ3n) is 6.67. The van der Waals surface area contributed by atoms with E-state index in [2.05, 4.69) is 45.9 Å². The van der Waals surface area contributed by atoms with E-state index in [-0.39, 0.29) is 16.4 Å². The first kappa shape index (κ1) is 24.2. The zero-order chi connectivity index (χ0) is 24.4. The Bertz CT molecular complexity index is 1180. The normalized spacial score (nSPS) is 17.6. The lowest BCUT2D eigenvalue weighted by molar-refractivity contribution is -0.131. The van der Waals surface area contributed by atoms with Crippen molar-refractivity contribution in [3.8, 4) is 0 Å². The highest BCUT2D eigenvalue weighted by atomic mass is 16.4. The topological polar surface area (TPSA) is 74.6 Å². The molecule has 0 heterocycles. The standard InChI is InChI=1S/C29H32O4/c1-19(21-11-13-24-25(18-21)29(4,5)16-15-28(24,2)3)9-10-20(12-14-26(30)31)22-7-6-8-23(17-22)27(32)33/h6-14,17-18H,15-16H2,1-5H3,(H,30,31)(H,32,33)/b14-12?,19-9+,20-10?.